The van der Waals surface area contributed by atoms with Gasteiger partial charge in [0.05, 0.1) is 6.61 Å². The first kappa shape index (κ1) is 12.4. The van der Waals surface area contributed by atoms with Crippen molar-refractivity contribution in [2.24, 2.45) is 5.92 Å². The number of hydrogen-bond acceptors (Lipinski definition) is 1. The fourth-order valence-corrected chi connectivity index (χ4v) is 3.79. The molecule has 1 aromatic heterocycles. The Hall–Kier alpha value is -1.32. The largest absolute Gasteiger partial charge is 0.381 e. The molecule has 2 aromatic carbocycles. The van der Waals surface area contributed by atoms with Crippen molar-refractivity contribution < 1.29 is 4.74 Å². The molecule has 0 spiro atoms. The lowest BCUT2D eigenvalue weighted by Crippen LogP contribution is -2.06. The summed E-state index contributed by atoms with van der Waals surface area (Å²) in [5.74, 6) is 0.581. The molecule has 1 N–H and O–H groups in total. The summed E-state index contributed by atoms with van der Waals surface area (Å²) in [6.45, 7) is 1.75. The number of halogens is 1. The lowest BCUT2D eigenvalue weighted by atomic mass is 9.97. The van der Waals surface area contributed by atoms with Crippen LogP contribution in [0.1, 0.15) is 16.8 Å². The van der Waals surface area contributed by atoms with Gasteiger partial charge in [0, 0.05) is 39.2 Å². The van der Waals surface area contributed by atoms with Crippen LogP contribution in [-0.2, 0) is 4.74 Å². The summed E-state index contributed by atoms with van der Waals surface area (Å²) in [5.41, 5.74) is 3.75. The first-order valence-electron chi connectivity index (χ1n) is 7.05. The molecule has 0 amide bonds. The predicted molar refractivity (Wildman–Crippen MR) is 86.4 cm³/mol. The van der Waals surface area contributed by atoms with Crippen molar-refractivity contribution in [1.29, 1.82) is 0 Å². The summed E-state index contributed by atoms with van der Waals surface area (Å²) in [5, 5.41) is 2.60. The lowest BCUT2D eigenvalue weighted by Gasteiger charge is -2.16. The molecule has 1 saturated heterocycles. The Morgan fingerprint density at radius 1 is 1.10 bits per heavy atom. The van der Waals surface area contributed by atoms with Crippen molar-refractivity contribution in [2.45, 2.75) is 11.2 Å². The minimum atomic E-state index is 0.378. The highest BCUT2D eigenvalue weighted by Crippen LogP contribution is 2.38. The van der Waals surface area contributed by atoms with Crippen molar-refractivity contribution in [3.63, 3.8) is 0 Å². The number of aromatic amines is 1. The van der Waals surface area contributed by atoms with Gasteiger partial charge in [-0.25, -0.2) is 0 Å². The second kappa shape index (κ2) is 4.90. The maximum absolute atomic E-state index is 5.51. The minimum Gasteiger partial charge on any atom is -0.381 e. The molecule has 2 nitrogen and oxygen atoms in total. The number of aromatic nitrogens is 1. The van der Waals surface area contributed by atoms with Crippen LogP contribution in [0.15, 0.2) is 42.5 Å². The highest BCUT2D eigenvalue weighted by atomic mass is 79.9. The predicted octanol–water partition coefficient (Wildman–Crippen LogP) is 4.79. The van der Waals surface area contributed by atoms with Gasteiger partial charge in [-0.15, -0.1) is 0 Å². The molecule has 3 aromatic rings. The lowest BCUT2D eigenvalue weighted by molar-refractivity contribution is 0.185. The van der Waals surface area contributed by atoms with Gasteiger partial charge in [-0.05, 0) is 30.2 Å². The van der Waals surface area contributed by atoms with Crippen molar-refractivity contribution in [3.05, 3.63) is 48.0 Å². The van der Waals surface area contributed by atoms with Crippen LogP contribution < -0.4 is 0 Å². The summed E-state index contributed by atoms with van der Waals surface area (Å²) in [4.78, 5) is 3.85. The number of para-hydroxylation sites is 1. The normalized spacial score (nSPS) is 20.8. The van der Waals surface area contributed by atoms with E-state index in [4.69, 9.17) is 4.74 Å². The molecular formula is C17H16BrNO. The molecule has 20 heavy (non-hydrogen) atoms. The quantitative estimate of drug-likeness (QED) is 0.671. The first-order chi connectivity index (χ1) is 9.83. The second-order valence-electron chi connectivity index (χ2n) is 5.50. The zero-order chi connectivity index (χ0) is 13.5. The van der Waals surface area contributed by atoms with E-state index in [1.54, 1.807) is 0 Å². The van der Waals surface area contributed by atoms with E-state index in [2.05, 4.69) is 63.4 Å². The third kappa shape index (κ3) is 1.97. The van der Waals surface area contributed by atoms with Crippen LogP contribution in [0.3, 0.4) is 0 Å². The number of hydrogen-bond donors (Lipinski definition) is 1. The fourth-order valence-electron chi connectivity index (χ4n) is 3.09. The van der Waals surface area contributed by atoms with Crippen LogP contribution in [-0.4, -0.2) is 18.2 Å². The molecule has 1 fully saturated rings. The van der Waals surface area contributed by atoms with Crippen LogP contribution in [0.4, 0.5) is 0 Å². The Labute approximate surface area is 126 Å². The third-order valence-corrected chi connectivity index (χ3v) is 5.50. The van der Waals surface area contributed by atoms with E-state index in [0.717, 1.165) is 19.6 Å². The van der Waals surface area contributed by atoms with Gasteiger partial charge in [-0.2, -0.15) is 0 Å². The fraction of sp³-hybridized carbons (Fsp3) is 0.294. The molecule has 1 aliphatic rings. The van der Waals surface area contributed by atoms with Gasteiger partial charge in [-0.3, -0.25) is 0 Å². The van der Waals surface area contributed by atoms with E-state index in [-0.39, 0.29) is 0 Å². The molecule has 0 saturated carbocycles. The molecule has 2 unspecified atom stereocenters. The van der Waals surface area contributed by atoms with Crippen LogP contribution in [0.2, 0.25) is 0 Å². The van der Waals surface area contributed by atoms with Crippen molar-refractivity contribution in [3.8, 4) is 0 Å². The Morgan fingerprint density at radius 3 is 2.80 bits per heavy atom. The standard InChI is InChI=1S/C17H16BrNO/c18-17(12-7-8-20-10-12)11-5-6-16-14(9-11)13-3-1-2-4-15(13)19-16/h1-6,9,12,17,19H,7-8,10H2. The summed E-state index contributed by atoms with van der Waals surface area (Å²) in [6.07, 6.45) is 1.14. The van der Waals surface area contributed by atoms with Gasteiger partial charge in [-0.1, -0.05) is 40.2 Å². The van der Waals surface area contributed by atoms with Crippen molar-refractivity contribution in [2.75, 3.05) is 13.2 Å². The molecule has 0 aliphatic carbocycles. The number of fused-ring (bicyclic) bond motifs is 3. The number of ether oxygens (including phenoxy) is 1. The van der Waals surface area contributed by atoms with E-state index < -0.39 is 0 Å². The molecule has 102 valence electrons. The molecule has 2 atom stereocenters. The second-order valence-corrected chi connectivity index (χ2v) is 6.49. The van der Waals surface area contributed by atoms with E-state index in [9.17, 15) is 0 Å². The van der Waals surface area contributed by atoms with E-state index in [1.165, 1.54) is 27.4 Å². The van der Waals surface area contributed by atoms with Crippen LogP contribution >= 0.6 is 15.9 Å². The number of benzene rings is 2. The zero-order valence-electron chi connectivity index (χ0n) is 11.1. The zero-order valence-corrected chi connectivity index (χ0v) is 12.7. The third-order valence-electron chi connectivity index (χ3n) is 4.23. The minimum absolute atomic E-state index is 0.378. The molecule has 0 radical (unpaired) electrons. The highest BCUT2D eigenvalue weighted by molar-refractivity contribution is 9.09. The van der Waals surface area contributed by atoms with Gasteiger partial charge in [0.2, 0.25) is 0 Å². The van der Waals surface area contributed by atoms with Crippen molar-refractivity contribution in [1.82, 2.24) is 4.98 Å². The average molecular weight is 330 g/mol. The molecule has 4 rings (SSSR count). The topological polar surface area (TPSA) is 25.0 Å². The van der Waals surface area contributed by atoms with E-state index in [1.807, 2.05) is 0 Å². The van der Waals surface area contributed by atoms with E-state index >= 15 is 0 Å². The van der Waals surface area contributed by atoms with Crippen LogP contribution in [0, 0.1) is 5.92 Å². The van der Waals surface area contributed by atoms with Gasteiger partial charge in [0.25, 0.3) is 0 Å². The number of rotatable bonds is 2. The Balaban J connectivity index is 1.82. The summed E-state index contributed by atoms with van der Waals surface area (Å²) >= 11 is 3.86. The number of nitrogens with one attached hydrogen (secondary N) is 1. The van der Waals surface area contributed by atoms with Crippen LogP contribution in [0.25, 0.3) is 21.8 Å². The first-order valence-corrected chi connectivity index (χ1v) is 7.97. The number of alkyl halides is 1. The molecule has 3 heteroatoms. The smallest absolute Gasteiger partial charge is 0.0509 e. The summed E-state index contributed by atoms with van der Waals surface area (Å²) in [6, 6.07) is 15.2. The average Bonchev–Trinajstić information content (AvgIpc) is 3.13. The van der Waals surface area contributed by atoms with Crippen molar-refractivity contribution >= 4 is 37.7 Å². The summed E-state index contributed by atoms with van der Waals surface area (Å²) in [7, 11) is 0. The van der Waals surface area contributed by atoms with E-state index in [0.29, 0.717) is 10.7 Å². The van der Waals surface area contributed by atoms with Gasteiger partial charge in [0.1, 0.15) is 0 Å². The molecule has 1 aliphatic heterocycles. The SMILES string of the molecule is BrC(c1ccc2[nH]c3ccccc3c2c1)C1CCOC1. The Kier molecular flexibility index (Phi) is 3.04. The van der Waals surface area contributed by atoms with Crippen LogP contribution in [0.5, 0.6) is 0 Å². The number of H-pyrrole nitrogens is 1. The Morgan fingerprint density at radius 2 is 1.95 bits per heavy atom. The summed E-state index contributed by atoms with van der Waals surface area (Å²) < 4.78 is 5.51. The van der Waals surface area contributed by atoms with Gasteiger partial charge >= 0.3 is 0 Å². The Bertz CT molecular complexity index is 758. The molecular weight excluding hydrogens is 314 g/mol. The monoisotopic (exact) mass is 329 g/mol. The molecule has 0 bridgehead atoms. The molecule has 2 heterocycles. The van der Waals surface area contributed by atoms with Gasteiger partial charge in [0.15, 0.2) is 0 Å². The highest BCUT2D eigenvalue weighted by Gasteiger charge is 2.25. The van der Waals surface area contributed by atoms with Gasteiger partial charge < -0.3 is 9.72 Å². The maximum atomic E-state index is 5.51. The maximum Gasteiger partial charge on any atom is 0.0509 e.